The minimum atomic E-state index is -0.701. The fraction of sp³-hybridized carbons (Fsp3) is 0.286. The van der Waals surface area contributed by atoms with Gasteiger partial charge >= 0.3 is 0 Å². The number of hydrogen-bond acceptors (Lipinski definition) is 7. The van der Waals surface area contributed by atoms with Crippen LogP contribution in [0.2, 0.25) is 0 Å². The van der Waals surface area contributed by atoms with Gasteiger partial charge in [-0.15, -0.1) is 0 Å². The topological polar surface area (TPSA) is 96.9 Å². The van der Waals surface area contributed by atoms with Crippen LogP contribution < -0.4 is 24.4 Å². The Bertz CT molecular complexity index is 1570. The molecule has 1 aliphatic rings. The highest BCUT2D eigenvalue weighted by atomic mass is 32.1. The Hall–Kier alpha value is -4.16. The van der Waals surface area contributed by atoms with E-state index in [4.69, 9.17) is 19.7 Å². The molecule has 0 aliphatic carbocycles. The minimum Gasteiger partial charge on any atom is -0.496 e. The van der Waals surface area contributed by atoms with Crippen molar-refractivity contribution in [3.63, 3.8) is 0 Å². The molecule has 4 rings (SSSR count). The maximum Gasteiger partial charge on any atom is 0.271 e. The highest BCUT2D eigenvalue weighted by Gasteiger charge is 2.35. The fourth-order valence-corrected chi connectivity index (χ4v) is 5.48. The number of nitriles is 1. The van der Waals surface area contributed by atoms with Crippen LogP contribution in [0.25, 0.3) is 6.08 Å². The van der Waals surface area contributed by atoms with E-state index in [-0.39, 0.29) is 18.1 Å². The number of carbonyl (C=O) groups is 1. The van der Waals surface area contributed by atoms with Crippen molar-refractivity contribution in [1.82, 2.24) is 9.47 Å². The molecular weight excluding hydrogens is 488 g/mol. The second kappa shape index (κ2) is 11.3. The van der Waals surface area contributed by atoms with Crippen molar-refractivity contribution in [2.45, 2.75) is 26.8 Å². The molecule has 8 nitrogen and oxygen atoms in total. The molecule has 0 bridgehead atoms. The molecular formula is C28H28N4O4S. The number of para-hydroxylation sites is 2. The number of thiazole rings is 1. The van der Waals surface area contributed by atoms with Gasteiger partial charge in [-0.3, -0.25) is 14.2 Å². The van der Waals surface area contributed by atoms with Crippen LogP contribution in [0.5, 0.6) is 11.5 Å². The normalized spacial score (nSPS) is 15.0. The second-order valence-corrected chi connectivity index (χ2v) is 9.29. The van der Waals surface area contributed by atoms with Gasteiger partial charge in [-0.05, 0) is 39.0 Å². The summed E-state index contributed by atoms with van der Waals surface area (Å²) in [7, 11) is 1.57. The smallest absolute Gasteiger partial charge is 0.271 e. The Balaban J connectivity index is 1.97. The fourth-order valence-electron chi connectivity index (χ4n) is 4.45. The quantitative estimate of drug-likeness (QED) is 0.459. The molecule has 9 heteroatoms. The minimum absolute atomic E-state index is 0.101. The molecule has 1 aliphatic heterocycles. The average molecular weight is 517 g/mol. The summed E-state index contributed by atoms with van der Waals surface area (Å²) in [5.41, 5.74) is 2.13. The molecule has 2 heterocycles. The number of allylic oxidation sites excluding steroid dienone is 1. The largest absolute Gasteiger partial charge is 0.496 e. The Morgan fingerprint density at radius 3 is 2.51 bits per heavy atom. The first kappa shape index (κ1) is 25.9. The highest BCUT2D eigenvalue weighted by molar-refractivity contribution is 7.07. The third kappa shape index (κ3) is 4.93. The molecule has 0 unspecified atom stereocenters. The van der Waals surface area contributed by atoms with E-state index in [2.05, 4.69) is 0 Å². The van der Waals surface area contributed by atoms with Crippen LogP contribution in [0.15, 0.2) is 69.6 Å². The van der Waals surface area contributed by atoms with Gasteiger partial charge in [0.15, 0.2) is 11.4 Å². The van der Waals surface area contributed by atoms with E-state index in [1.165, 1.54) is 11.3 Å². The van der Waals surface area contributed by atoms with E-state index in [0.717, 1.165) is 0 Å². The molecule has 0 saturated carbocycles. The van der Waals surface area contributed by atoms with E-state index in [0.29, 0.717) is 56.3 Å². The number of fused-ring (bicyclic) bond motifs is 1. The zero-order chi connectivity index (χ0) is 26.5. The van der Waals surface area contributed by atoms with Crippen molar-refractivity contribution >= 4 is 23.3 Å². The number of carbonyl (C=O) groups excluding carboxylic acids is 1. The van der Waals surface area contributed by atoms with Crippen molar-refractivity contribution in [3.8, 4) is 17.6 Å². The highest BCUT2D eigenvalue weighted by Crippen LogP contribution is 2.36. The summed E-state index contributed by atoms with van der Waals surface area (Å²) in [6.07, 6.45) is 1.74. The molecule has 0 radical (unpaired) electrons. The van der Waals surface area contributed by atoms with Gasteiger partial charge in [0, 0.05) is 24.2 Å². The van der Waals surface area contributed by atoms with Gasteiger partial charge < -0.3 is 14.4 Å². The van der Waals surface area contributed by atoms with Crippen molar-refractivity contribution in [2.75, 3.05) is 26.8 Å². The first-order chi connectivity index (χ1) is 17.9. The van der Waals surface area contributed by atoms with Crippen LogP contribution in [0.3, 0.4) is 0 Å². The maximum atomic E-state index is 13.9. The van der Waals surface area contributed by atoms with Gasteiger partial charge in [0.2, 0.25) is 0 Å². The number of amides is 1. The van der Waals surface area contributed by atoms with E-state index in [9.17, 15) is 9.59 Å². The molecule has 2 aromatic carbocycles. The molecule has 0 saturated heterocycles. The molecule has 0 spiro atoms. The number of likely N-dealkylation sites (N-methyl/N-ethyl adjacent to an activating group) is 1. The molecule has 1 amide bonds. The van der Waals surface area contributed by atoms with Crippen molar-refractivity contribution in [2.24, 2.45) is 4.99 Å². The van der Waals surface area contributed by atoms with Gasteiger partial charge in [-0.25, -0.2) is 4.99 Å². The van der Waals surface area contributed by atoms with Crippen LogP contribution in [0.1, 0.15) is 37.9 Å². The van der Waals surface area contributed by atoms with Crippen molar-refractivity contribution in [1.29, 1.82) is 5.26 Å². The van der Waals surface area contributed by atoms with Crippen LogP contribution >= 0.6 is 11.3 Å². The second-order valence-electron chi connectivity index (χ2n) is 8.29. The lowest BCUT2D eigenvalue weighted by Gasteiger charge is -2.29. The van der Waals surface area contributed by atoms with Crippen LogP contribution in [0.4, 0.5) is 0 Å². The Kier molecular flexibility index (Phi) is 7.89. The molecule has 0 N–H and O–H groups in total. The number of methoxy groups -OCH3 is 1. The van der Waals surface area contributed by atoms with Gasteiger partial charge in [-0.1, -0.05) is 47.7 Å². The van der Waals surface area contributed by atoms with E-state index >= 15 is 0 Å². The standard InChI is InChI=1S/C28H28N4O4S/c1-5-31(6-2)27(34)24-18(3)30-28-32(25(24)20-12-8-10-14-22(20)35-4)26(33)23(37-28)17-19-11-7-9-13-21(19)36-16-15-29/h7-14,17,25H,5-6,16H2,1-4H3/b23-17+/t25-/m1/s1. The predicted molar refractivity (Wildman–Crippen MR) is 142 cm³/mol. The number of hydrogen-bond donors (Lipinski definition) is 0. The summed E-state index contributed by atoms with van der Waals surface area (Å²) in [6, 6.07) is 15.9. The summed E-state index contributed by atoms with van der Waals surface area (Å²) >= 11 is 1.25. The summed E-state index contributed by atoms with van der Waals surface area (Å²) in [6.45, 7) is 6.63. The van der Waals surface area contributed by atoms with Crippen molar-refractivity contribution in [3.05, 3.63) is 90.6 Å². The molecule has 0 fully saturated rings. The molecule has 1 atom stereocenters. The molecule has 1 aromatic heterocycles. The first-order valence-electron chi connectivity index (χ1n) is 12.0. The average Bonchev–Trinajstić information content (AvgIpc) is 3.22. The lowest BCUT2D eigenvalue weighted by Crippen LogP contribution is -2.43. The van der Waals surface area contributed by atoms with Gasteiger partial charge in [0.1, 0.15) is 23.6 Å². The molecule has 3 aromatic rings. The monoisotopic (exact) mass is 516 g/mol. The van der Waals surface area contributed by atoms with E-state index in [1.807, 2.05) is 62.4 Å². The Morgan fingerprint density at radius 2 is 1.84 bits per heavy atom. The number of rotatable bonds is 8. The number of benzene rings is 2. The molecule has 37 heavy (non-hydrogen) atoms. The van der Waals surface area contributed by atoms with E-state index in [1.54, 1.807) is 35.6 Å². The summed E-state index contributed by atoms with van der Waals surface area (Å²) in [4.78, 5) is 34.6. The van der Waals surface area contributed by atoms with Crippen molar-refractivity contribution < 1.29 is 14.3 Å². The summed E-state index contributed by atoms with van der Waals surface area (Å²) in [5, 5.41) is 8.92. The van der Waals surface area contributed by atoms with Crippen LogP contribution in [-0.4, -0.2) is 42.2 Å². The lowest BCUT2D eigenvalue weighted by atomic mass is 9.94. The summed E-state index contributed by atoms with van der Waals surface area (Å²) < 4.78 is 13.2. The number of aromatic nitrogens is 1. The van der Waals surface area contributed by atoms with Crippen LogP contribution in [0, 0.1) is 11.3 Å². The lowest BCUT2D eigenvalue weighted by molar-refractivity contribution is -0.127. The predicted octanol–water partition coefficient (Wildman–Crippen LogP) is 3.01. The first-order valence-corrected chi connectivity index (χ1v) is 12.8. The Morgan fingerprint density at radius 1 is 1.16 bits per heavy atom. The molecule has 190 valence electrons. The van der Waals surface area contributed by atoms with Gasteiger partial charge in [0.25, 0.3) is 11.5 Å². The summed E-state index contributed by atoms with van der Waals surface area (Å²) in [5.74, 6) is 0.924. The van der Waals surface area contributed by atoms with Crippen LogP contribution in [-0.2, 0) is 4.79 Å². The maximum absolute atomic E-state index is 13.9. The third-order valence-electron chi connectivity index (χ3n) is 6.23. The van der Waals surface area contributed by atoms with Gasteiger partial charge in [0.05, 0.1) is 22.9 Å². The zero-order valence-corrected chi connectivity index (χ0v) is 22.0. The van der Waals surface area contributed by atoms with E-state index < -0.39 is 6.04 Å². The Labute approximate surface area is 219 Å². The van der Waals surface area contributed by atoms with Gasteiger partial charge in [-0.2, -0.15) is 5.26 Å². The zero-order valence-electron chi connectivity index (χ0n) is 21.2. The third-order valence-corrected chi connectivity index (χ3v) is 7.22. The number of ether oxygens (including phenoxy) is 2. The SMILES string of the molecule is CCN(CC)C(=O)C1=C(C)N=c2s/c(=C/c3ccccc3OCC#N)c(=O)n2[C@@H]1c1ccccc1OC. The number of nitrogens with zero attached hydrogens (tertiary/aromatic N) is 4.